The van der Waals surface area contributed by atoms with Gasteiger partial charge in [-0.3, -0.25) is 9.59 Å². The number of carbonyl (C=O) groups is 2. The molecule has 2 fully saturated rings. The minimum Gasteiger partial charge on any atom is -0.486 e. The quantitative estimate of drug-likeness (QED) is 0.688. The van der Waals surface area contributed by atoms with Crippen molar-refractivity contribution in [2.75, 3.05) is 13.7 Å². The summed E-state index contributed by atoms with van der Waals surface area (Å²) in [4.78, 5) is 25.6. The van der Waals surface area contributed by atoms with E-state index in [0.29, 0.717) is 41.6 Å². The van der Waals surface area contributed by atoms with Crippen molar-refractivity contribution < 1.29 is 23.8 Å². The molecule has 0 bridgehead atoms. The molecule has 2 aliphatic carbocycles. The Hall–Kier alpha value is -2.93. The van der Waals surface area contributed by atoms with Gasteiger partial charge in [-0.2, -0.15) is 0 Å². The summed E-state index contributed by atoms with van der Waals surface area (Å²) >= 11 is 0. The highest BCUT2D eigenvalue weighted by Gasteiger charge is 2.56. The predicted octanol–water partition coefficient (Wildman–Crippen LogP) is 2.41. The number of amides is 2. The minimum absolute atomic E-state index is 0.0624. The van der Waals surface area contributed by atoms with Crippen molar-refractivity contribution in [3.8, 4) is 5.75 Å². The molecule has 2 aromatic carbocycles. The molecule has 2 aromatic rings. The molecule has 5 rings (SSSR count). The lowest BCUT2D eigenvalue weighted by atomic mass is 9.86. The molecule has 7 heteroatoms. The van der Waals surface area contributed by atoms with E-state index in [-0.39, 0.29) is 29.5 Å². The van der Waals surface area contributed by atoms with Crippen LogP contribution >= 0.6 is 0 Å². The van der Waals surface area contributed by atoms with E-state index in [1.807, 2.05) is 30.3 Å². The number of carbonyl (C=O) groups excluding carboxylic acids is 2. The van der Waals surface area contributed by atoms with Gasteiger partial charge in [-0.05, 0) is 42.4 Å². The van der Waals surface area contributed by atoms with Crippen LogP contribution in [-0.4, -0.2) is 48.9 Å². The Morgan fingerprint density at radius 1 is 1.13 bits per heavy atom. The molecule has 0 spiro atoms. The first-order valence-corrected chi connectivity index (χ1v) is 10.7. The molecule has 1 aliphatic heterocycles. The van der Waals surface area contributed by atoms with E-state index in [0.717, 1.165) is 5.56 Å². The maximum atomic E-state index is 13.9. The maximum Gasteiger partial charge on any atom is 0.254 e. The number of hydrogen-bond acceptors (Lipinski definition) is 4. The molecule has 3 unspecified atom stereocenters. The first-order chi connectivity index (χ1) is 15.0. The molecule has 3 aliphatic rings. The second kappa shape index (κ2) is 7.64. The Morgan fingerprint density at radius 2 is 1.84 bits per heavy atom. The van der Waals surface area contributed by atoms with Gasteiger partial charge < -0.3 is 20.5 Å². The summed E-state index contributed by atoms with van der Waals surface area (Å²) in [5.41, 5.74) is 2.10. The van der Waals surface area contributed by atoms with Crippen molar-refractivity contribution in [1.29, 1.82) is 0 Å². The van der Waals surface area contributed by atoms with Crippen LogP contribution in [0.3, 0.4) is 0 Å². The van der Waals surface area contributed by atoms with Crippen LogP contribution in [0.2, 0.25) is 0 Å². The van der Waals surface area contributed by atoms with Gasteiger partial charge >= 0.3 is 0 Å². The van der Waals surface area contributed by atoms with E-state index in [2.05, 4.69) is 10.6 Å². The van der Waals surface area contributed by atoms with E-state index >= 15 is 0 Å². The van der Waals surface area contributed by atoms with Gasteiger partial charge in [0.2, 0.25) is 0 Å². The van der Waals surface area contributed by atoms with E-state index < -0.39 is 18.7 Å². The van der Waals surface area contributed by atoms with Gasteiger partial charge in [0.1, 0.15) is 18.5 Å². The average molecular weight is 424 g/mol. The molecule has 0 aromatic heterocycles. The van der Waals surface area contributed by atoms with Gasteiger partial charge in [0.05, 0.1) is 17.6 Å². The Kier molecular flexibility index (Phi) is 4.93. The SMILES string of the molecule is CNC(=O)c1cc(C(=O)NC2C3CC(O)CC32)cc2c1OC(CF)[C@H]2c1ccccc1. The summed E-state index contributed by atoms with van der Waals surface area (Å²) in [6, 6.07) is 12.7. The lowest BCUT2D eigenvalue weighted by molar-refractivity contribution is 0.0937. The summed E-state index contributed by atoms with van der Waals surface area (Å²) in [6.07, 6.45) is 0.393. The zero-order chi connectivity index (χ0) is 21.7. The Bertz CT molecular complexity index is 1020. The number of fused-ring (bicyclic) bond motifs is 2. The third-order valence-corrected chi connectivity index (χ3v) is 6.86. The molecular formula is C24H25FN2O4. The minimum atomic E-state index is -0.761. The van der Waals surface area contributed by atoms with Crippen LogP contribution < -0.4 is 15.4 Å². The second-order valence-electron chi connectivity index (χ2n) is 8.67. The molecular weight excluding hydrogens is 399 g/mol. The van der Waals surface area contributed by atoms with Gasteiger partial charge in [-0.1, -0.05) is 30.3 Å². The molecule has 2 amide bonds. The molecule has 3 N–H and O–H groups in total. The Balaban J connectivity index is 1.51. The van der Waals surface area contributed by atoms with Crippen molar-refractivity contribution in [3.05, 3.63) is 64.7 Å². The number of benzene rings is 2. The highest BCUT2D eigenvalue weighted by Crippen LogP contribution is 2.52. The van der Waals surface area contributed by atoms with Crippen molar-refractivity contribution in [2.45, 2.75) is 37.0 Å². The smallest absolute Gasteiger partial charge is 0.254 e. The fourth-order valence-corrected chi connectivity index (χ4v) is 5.30. The number of rotatable bonds is 5. The van der Waals surface area contributed by atoms with Gasteiger partial charge in [-0.25, -0.2) is 4.39 Å². The van der Waals surface area contributed by atoms with Crippen molar-refractivity contribution in [3.63, 3.8) is 0 Å². The van der Waals surface area contributed by atoms with Gasteiger partial charge in [-0.15, -0.1) is 0 Å². The van der Waals surface area contributed by atoms with E-state index in [1.54, 1.807) is 6.07 Å². The molecule has 6 nitrogen and oxygen atoms in total. The predicted molar refractivity (Wildman–Crippen MR) is 112 cm³/mol. The molecule has 0 saturated heterocycles. The van der Waals surface area contributed by atoms with Gasteiger partial charge in [0.15, 0.2) is 0 Å². The molecule has 162 valence electrons. The van der Waals surface area contributed by atoms with Crippen molar-refractivity contribution in [1.82, 2.24) is 10.6 Å². The van der Waals surface area contributed by atoms with E-state index in [4.69, 9.17) is 4.74 Å². The number of alkyl halides is 1. The number of nitrogens with one attached hydrogen (secondary N) is 2. The normalized spacial score (nSPS) is 30.2. The first-order valence-electron chi connectivity index (χ1n) is 10.7. The summed E-state index contributed by atoms with van der Waals surface area (Å²) in [5.74, 6) is -0.0844. The molecule has 31 heavy (non-hydrogen) atoms. The van der Waals surface area contributed by atoms with Crippen LogP contribution in [0.4, 0.5) is 4.39 Å². The van der Waals surface area contributed by atoms with Crippen molar-refractivity contribution >= 4 is 11.8 Å². The third-order valence-electron chi connectivity index (χ3n) is 6.86. The third kappa shape index (κ3) is 3.37. The first kappa shape index (κ1) is 20.0. The summed E-state index contributed by atoms with van der Waals surface area (Å²) in [6.45, 7) is -0.712. The maximum absolute atomic E-state index is 13.9. The zero-order valence-electron chi connectivity index (χ0n) is 17.2. The Labute approximate surface area is 179 Å². The van der Waals surface area contributed by atoms with Gasteiger partial charge in [0.25, 0.3) is 11.8 Å². The highest BCUT2D eigenvalue weighted by molar-refractivity contribution is 6.02. The largest absolute Gasteiger partial charge is 0.486 e. The molecule has 0 radical (unpaired) electrons. The van der Waals surface area contributed by atoms with Crippen LogP contribution in [0.1, 0.15) is 50.6 Å². The summed E-state index contributed by atoms with van der Waals surface area (Å²) in [7, 11) is 1.51. The van der Waals surface area contributed by atoms with Crippen LogP contribution in [0.15, 0.2) is 42.5 Å². The van der Waals surface area contributed by atoms with Gasteiger partial charge in [0, 0.05) is 24.2 Å². The second-order valence-corrected chi connectivity index (χ2v) is 8.67. The average Bonchev–Trinajstić information content (AvgIpc) is 3.12. The van der Waals surface area contributed by atoms with Crippen LogP contribution in [-0.2, 0) is 0 Å². The van der Waals surface area contributed by atoms with Crippen molar-refractivity contribution in [2.24, 2.45) is 11.8 Å². The number of aliphatic hydroxyl groups is 1. The van der Waals surface area contributed by atoms with Crippen LogP contribution in [0, 0.1) is 11.8 Å². The fourth-order valence-electron chi connectivity index (χ4n) is 5.30. The summed E-state index contributed by atoms with van der Waals surface area (Å²) in [5, 5.41) is 15.3. The van der Waals surface area contributed by atoms with Crippen LogP contribution in [0.25, 0.3) is 0 Å². The van der Waals surface area contributed by atoms with E-state index in [1.165, 1.54) is 13.1 Å². The van der Waals surface area contributed by atoms with E-state index in [9.17, 15) is 19.1 Å². The molecule has 2 saturated carbocycles. The number of hydrogen-bond donors (Lipinski definition) is 3. The topological polar surface area (TPSA) is 87.7 Å². The van der Waals surface area contributed by atoms with Crippen LogP contribution in [0.5, 0.6) is 5.75 Å². The standard InChI is InChI=1S/C24H25FN2O4/c1-26-24(30)18-8-13(23(29)27-21-15-9-14(28)10-16(15)21)7-17-20(12-5-3-2-4-6-12)19(11-25)31-22(17)18/h2-8,14-16,19-21,28H,9-11H2,1H3,(H,26,30)(H,27,29)/t14?,15?,16?,19?,20-,21?/m0/s1. The lowest BCUT2D eigenvalue weighted by Gasteiger charge is -2.16. The number of aliphatic hydroxyl groups excluding tert-OH is 1. The number of ether oxygens (including phenoxy) is 1. The Morgan fingerprint density at radius 3 is 2.48 bits per heavy atom. The molecule has 1 heterocycles. The zero-order valence-corrected chi connectivity index (χ0v) is 17.2. The summed E-state index contributed by atoms with van der Waals surface area (Å²) < 4.78 is 19.8. The number of halogens is 1. The monoisotopic (exact) mass is 424 g/mol. The molecule has 4 atom stereocenters. The fraction of sp³-hybridized carbons (Fsp3) is 0.417. The highest BCUT2D eigenvalue weighted by atomic mass is 19.1. The lowest BCUT2D eigenvalue weighted by Crippen LogP contribution is -2.30.